The van der Waals surface area contributed by atoms with E-state index >= 15 is 0 Å². The van der Waals surface area contributed by atoms with Crippen LogP contribution in [0.5, 0.6) is 0 Å². The van der Waals surface area contributed by atoms with E-state index < -0.39 is 11.8 Å². The van der Waals surface area contributed by atoms with Crippen LogP contribution in [0.25, 0.3) is 0 Å². The van der Waals surface area contributed by atoms with Crippen molar-refractivity contribution in [2.45, 2.75) is 6.42 Å². The fourth-order valence-corrected chi connectivity index (χ4v) is 1.82. The van der Waals surface area contributed by atoms with Gasteiger partial charge in [-0.25, -0.2) is 4.39 Å². The summed E-state index contributed by atoms with van der Waals surface area (Å²) in [5, 5.41) is 8.56. The van der Waals surface area contributed by atoms with E-state index in [1.165, 1.54) is 11.1 Å². The van der Waals surface area contributed by atoms with Gasteiger partial charge in [-0.2, -0.15) is 0 Å². The second-order valence-electron chi connectivity index (χ2n) is 4.07. The number of rotatable bonds is 3. The van der Waals surface area contributed by atoms with Crippen LogP contribution < -0.4 is 0 Å². The summed E-state index contributed by atoms with van der Waals surface area (Å²) in [5.74, 6) is -1.73. The highest BCUT2D eigenvalue weighted by atomic mass is 19.1. The molecule has 1 aromatic heterocycles. The summed E-state index contributed by atoms with van der Waals surface area (Å²) in [4.78, 5) is 27.3. The van der Waals surface area contributed by atoms with Crippen LogP contribution in [0.4, 0.5) is 4.39 Å². The van der Waals surface area contributed by atoms with Crippen molar-refractivity contribution in [1.82, 2.24) is 9.88 Å². The molecule has 17 heavy (non-hydrogen) atoms. The maximum absolute atomic E-state index is 12.9. The number of aliphatic carboxylic acids is 1. The zero-order chi connectivity index (χ0) is 12.4. The normalized spacial score (nSPS) is 15.5. The first-order valence-corrected chi connectivity index (χ1v) is 5.18. The van der Waals surface area contributed by atoms with Crippen LogP contribution in [-0.2, 0) is 4.79 Å². The lowest BCUT2D eigenvalue weighted by Gasteiger charge is -2.38. The Labute approximate surface area is 96.9 Å². The molecule has 1 aliphatic heterocycles. The van der Waals surface area contributed by atoms with Crippen molar-refractivity contribution in [1.29, 1.82) is 0 Å². The Kier molecular flexibility index (Phi) is 3.03. The van der Waals surface area contributed by atoms with Gasteiger partial charge >= 0.3 is 5.97 Å². The number of halogens is 1. The van der Waals surface area contributed by atoms with Crippen molar-refractivity contribution in [2.24, 2.45) is 5.92 Å². The topological polar surface area (TPSA) is 70.5 Å². The number of hydrogen-bond acceptors (Lipinski definition) is 3. The minimum absolute atomic E-state index is 0.00188. The van der Waals surface area contributed by atoms with E-state index in [9.17, 15) is 14.0 Å². The van der Waals surface area contributed by atoms with Crippen molar-refractivity contribution in [3.05, 3.63) is 29.8 Å². The van der Waals surface area contributed by atoms with E-state index in [4.69, 9.17) is 5.11 Å². The van der Waals surface area contributed by atoms with Gasteiger partial charge in [0.1, 0.15) is 5.82 Å². The number of likely N-dealkylation sites (tertiary alicyclic amines) is 1. The number of aromatic nitrogens is 1. The van der Waals surface area contributed by atoms with Gasteiger partial charge in [-0.1, -0.05) is 0 Å². The van der Waals surface area contributed by atoms with Crippen molar-refractivity contribution < 1.29 is 19.1 Å². The molecule has 1 amide bonds. The molecule has 0 aromatic carbocycles. The second-order valence-corrected chi connectivity index (χ2v) is 4.07. The van der Waals surface area contributed by atoms with E-state index in [1.807, 2.05) is 0 Å². The number of carbonyl (C=O) groups excluding carboxylic acids is 1. The summed E-state index contributed by atoms with van der Waals surface area (Å²) in [5.41, 5.74) is 0.193. The van der Waals surface area contributed by atoms with Gasteiger partial charge in [-0.05, 0) is 6.07 Å². The molecule has 1 saturated heterocycles. The highest BCUT2D eigenvalue weighted by Crippen LogP contribution is 2.21. The Bertz CT molecular complexity index is 458. The maximum atomic E-state index is 12.9. The first kappa shape index (κ1) is 11.5. The summed E-state index contributed by atoms with van der Waals surface area (Å²) in [6.07, 6.45) is 2.39. The molecule has 2 rings (SSSR count). The molecule has 2 heterocycles. The summed E-state index contributed by atoms with van der Waals surface area (Å²) in [7, 11) is 0. The molecule has 0 unspecified atom stereocenters. The van der Waals surface area contributed by atoms with Gasteiger partial charge in [0.2, 0.25) is 0 Å². The highest BCUT2D eigenvalue weighted by molar-refractivity contribution is 5.94. The van der Waals surface area contributed by atoms with E-state index in [0.29, 0.717) is 13.1 Å². The van der Waals surface area contributed by atoms with Gasteiger partial charge in [-0.3, -0.25) is 14.6 Å². The van der Waals surface area contributed by atoms with E-state index in [-0.39, 0.29) is 23.8 Å². The molecule has 0 bridgehead atoms. The van der Waals surface area contributed by atoms with Crippen LogP contribution in [0.1, 0.15) is 16.8 Å². The Hall–Kier alpha value is -1.98. The minimum atomic E-state index is -0.866. The summed E-state index contributed by atoms with van der Waals surface area (Å²) in [6, 6.07) is 1.12. The molecule has 1 aromatic rings. The quantitative estimate of drug-likeness (QED) is 0.844. The molecule has 0 spiro atoms. The average molecular weight is 238 g/mol. The SMILES string of the molecule is O=C(O)CC1CN(C(=O)c2cncc(F)c2)C1. The number of hydrogen-bond donors (Lipinski definition) is 1. The number of pyridine rings is 1. The standard InChI is InChI=1S/C11H11FN2O3/c12-9-2-8(3-13-4-9)11(17)14-5-7(6-14)1-10(15)16/h2-4,7H,1,5-6H2,(H,15,16). The third kappa shape index (κ3) is 2.58. The van der Waals surface area contributed by atoms with Crippen LogP contribution in [-0.4, -0.2) is 40.0 Å². The summed E-state index contributed by atoms with van der Waals surface area (Å²) in [6.45, 7) is 0.809. The maximum Gasteiger partial charge on any atom is 0.303 e. The minimum Gasteiger partial charge on any atom is -0.481 e. The predicted octanol–water partition coefficient (Wildman–Crippen LogP) is 0.767. The molecular weight excluding hydrogens is 227 g/mol. The van der Waals surface area contributed by atoms with Crippen molar-refractivity contribution in [3.8, 4) is 0 Å². The second kappa shape index (κ2) is 4.48. The van der Waals surface area contributed by atoms with Crippen molar-refractivity contribution in [3.63, 3.8) is 0 Å². The highest BCUT2D eigenvalue weighted by Gasteiger charge is 2.32. The van der Waals surface area contributed by atoms with E-state index in [2.05, 4.69) is 4.98 Å². The molecule has 0 atom stereocenters. The first-order chi connectivity index (χ1) is 8.06. The van der Waals surface area contributed by atoms with Crippen LogP contribution >= 0.6 is 0 Å². The van der Waals surface area contributed by atoms with Gasteiger partial charge in [0.15, 0.2) is 0 Å². The number of amides is 1. The Morgan fingerprint density at radius 2 is 2.18 bits per heavy atom. The predicted molar refractivity (Wildman–Crippen MR) is 55.8 cm³/mol. The van der Waals surface area contributed by atoms with Crippen molar-refractivity contribution >= 4 is 11.9 Å². The first-order valence-electron chi connectivity index (χ1n) is 5.18. The van der Waals surface area contributed by atoms with Gasteiger partial charge in [0, 0.05) is 25.2 Å². The molecule has 6 heteroatoms. The fourth-order valence-electron chi connectivity index (χ4n) is 1.82. The number of carboxylic acid groups (broad SMARTS) is 1. The zero-order valence-electron chi connectivity index (χ0n) is 8.97. The average Bonchev–Trinajstić information content (AvgIpc) is 2.21. The van der Waals surface area contributed by atoms with Crippen LogP contribution in [0.15, 0.2) is 18.5 Å². The lowest BCUT2D eigenvalue weighted by Crippen LogP contribution is -2.50. The summed E-state index contributed by atoms with van der Waals surface area (Å²) < 4.78 is 12.9. The van der Waals surface area contributed by atoms with E-state index in [0.717, 1.165) is 12.3 Å². The zero-order valence-corrected chi connectivity index (χ0v) is 8.97. The van der Waals surface area contributed by atoms with Gasteiger partial charge < -0.3 is 10.0 Å². The van der Waals surface area contributed by atoms with Crippen molar-refractivity contribution in [2.75, 3.05) is 13.1 Å². The number of carboxylic acids is 1. The van der Waals surface area contributed by atoms with E-state index in [1.54, 1.807) is 0 Å². The lowest BCUT2D eigenvalue weighted by atomic mass is 9.95. The molecule has 0 radical (unpaired) electrons. The molecular formula is C11H11FN2O3. The Morgan fingerprint density at radius 3 is 2.76 bits per heavy atom. The summed E-state index contributed by atoms with van der Waals surface area (Å²) >= 11 is 0. The molecule has 90 valence electrons. The molecule has 5 nitrogen and oxygen atoms in total. The molecule has 1 N–H and O–H groups in total. The number of nitrogens with zero attached hydrogens (tertiary/aromatic N) is 2. The molecule has 1 aliphatic rings. The molecule has 1 fully saturated rings. The smallest absolute Gasteiger partial charge is 0.303 e. The Morgan fingerprint density at radius 1 is 1.47 bits per heavy atom. The fraction of sp³-hybridized carbons (Fsp3) is 0.364. The van der Waals surface area contributed by atoms with Gasteiger partial charge in [0.25, 0.3) is 5.91 Å². The monoisotopic (exact) mass is 238 g/mol. The third-order valence-electron chi connectivity index (χ3n) is 2.66. The van der Waals surface area contributed by atoms with Crippen LogP contribution in [0.2, 0.25) is 0 Å². The third-order valence-corrected chi connectivity index (χ3v) is 2.66. The van der Waals surface area contributed by atoms with Crippen LogP contribution in [0, 0.1) is 11.7 Å². The largest absolute Gasteiger partial charge is 0.481 e. The lowest BCUT2D eigenvalue weighted by molar-refractivity contribution is -0.139. The Balaban J connectivity index is 1.93. The van der Waals surface area contributed by atoms with Gasteiger partial charge in [0.05, 0.1) is 18.2 Å². The molecule has 0 saturated carbocycles. The van der Waals surface area contributed by atoms with Gasteiger partial charge in [-0.15, -0.1) is 0 Å². The molecule has 0 aliphatic carbocycles. The number of carbonyl (C=O) groups is 2. The van der Waals surface area contributed by atoms with Crippen LogP contribution in [0.3, 0.4) is 0 Å².